The fourth-order valence-electron chi connectivity index (χ4n) is 4.62. The molecule has 1 aromatic carbocycles. The highest BCUT2D eigenvalue weighted by Gasteiger charge is 2.47. The molecule has 1 saturated heterocycles. The molecule has 166 valence electrons. The first-order valence-corrected chi connectivity index (χ1v) is 12.0. The summed E-state index contributed by atoms with van der Waals surface area (Å²) < 4.78 is 23.8. The van der Waals surface area contributed by atoms with E-state index in [1.807, 2.05) is 24.3 Å². The number of nitrogens with zero attached hydrogens (tertiary/aromatic N) is 3. The highest BCUT2D eigenvalue weighted by atomic mass is 32.2. The Morgan fingerprint density at radius 2 is 1.94 bits per heavy atom. The van der Waals surface area contributed by atoms with E-state index in [1.165, 1.54) is 0 Å². The summed E-state index contributed by atoms with van der Waals surface area (Å²) in [5.41, 5.74) is 1.14. The van der Waals surface area contributed by atoms with Crippen molar-refractivity contribution in [2.75, 3.05) is 49.9 Å². The van der Waals surface area contributed by atoms with Crippen LogP contribution in [-0.4, -0.2) is 64.5 Å². The second kappa shape index (κ2) is 7.72. The molecule has 8 nitrogen and oxygen atoms in total. The van der Waals surface area contributed by atoms with E-state index in [1.54, 1.807) is 14.2 Å². The van der Waals surface area contributed by atoms with Crippen molar-refractivity contribution in [1.29, 1.82) is 0 Å². The smallest absolute Gasteiger partial charge is 0.227 e. The van der Waals surface area contributed by atoms with Crippen LogP contribution in [0.25, 0.3) is 0 Å². The predicted octanol–water partition coefficient (Wildman–Crippen LogP) is 1.84. The van der Waals surface area contributed by atoms with Gasteiger partial charge < -0.3 is 24.8 Å². The number of methoxy groups -OCH3 is 2. The topological polar surface area (TPSA) is 96.8 Å². The Hall–Kier alpha value is -2.23. The van der Waals surface area contributed by atoms with E-state index in [-0.39, 0.29) is 12.1 Å². The summed E-state index contributed by atoms with van der Waals surface area (Å²) in [5, 5.41) is 13.3. The van der Waals surface area contributed by atoms with Gasteiger partial charge in [-0.2, -0.15) is 4.98 Å². The average Bonchev–Trinajstić information content (AvgIpc) is 3.12. The van der Waals surface area contributed by atoms with Crippen molar-refractivity contribution in [2.24, 2.45) is 0 Å². The summed E-state index contributed by atoms with van der Waals surface area (Å²) in [4.78, 5) is 12.3. The van der Waals surface area contributed by atoms with Crippen LogP contribution < -0.4 is 15.0 Å². The minimum atomic E-state index is -1.10. The number of aliphatic hydroxyl groups is 1. The van der Waals surface area contributed by atoms with Crippen molar-refractivity contribution in [3.05, 3.63) is 35.5 Å². The van der Waals surface area contributed by atoms with Gasteiger partial charge in [0.25, 0.3) is 0 Å². The molecule has 2 aliphatic heterocycles. The van der Waals surface area contributed by atoms with Crippen LogP contribution in [0.1, 0.15) is 30.5 Å². The summed E-state index contributed by atoms with van der Waals surface area (Å²) in [7, 11) is 2.27. The number of nitrogens with one attached hydrogen (secondary N) is 1. The van der Waals surface area contributed by atoms with Crippen LogP contribution in [0.15, 0.2) is 29.2 Å². The summed E-state index contributed by atoms with van der Waals surface area (Å²) in [6, 6.07) is 7.94. The van der Waals surface area contributed by atoms with Crippen molar-refractivity contribution in [3.8, 4) is 5.75 Å². The molecule has 1 aromatic heterocycles. The number of hydrogen-bond acceptors (Lipinski definition) is 8. The van der Waals surface area contributed by atoms with Crippen molar-refractivity contribution in [3.63, 3.8) is 0 Å². The van der Waals surface area contributed by atoms with Crippen molar-refractivity contribution < 1.29 is 18.8 Å². The molecule has 3 heterocycles. The van der Waals surface area contributed by atoms with Crippen molar-refractivity contribution in [2.45, 2.75) is 41.7 Å². The van der Waals surface area contributed by atoms with Gasteiger partial charge in [-0.3, -0.25) is 4.21 Å². The molecular formula is C22H28N4O4S. The molecule has 31 heavy (non-hydrogen) atoms. The fraction of sp³-hybridized carbons (Fsp3) is 0.545. The quantitative estimate of drug-likeness (QED) is 0.668. The first-order chi connectivity index (χ1) is 15.0. The Kier molecular flexibility index (Phi) is 5.15. The van der Waals surface area contributed by atoms with E-state index in [4.69, 9.17) is 19.4 Å². The van der Waals surface area contributed by atoms with Crippen LogP contribution in [0.3, 0.4) is 0 Å². The van der Waals surface area contributed by atoms with Gasteiger partial charge in [-0.15, -0.1) is 0 Å². The molecule has 0 radical (unpaired) electrons. The molecule has 1 saturated carbocycles. The van der Waals surface area contributed by atoms with E-state index in [2.05, 4.69) is 10.2 Å². The number of anilines is 2. The molecule has 2 fully saturated rings. The van der Waals surface area contributed by atoms with E-state index < -0.39 is 16.4 Å². The molecule has 5 rings (SSSR count). The lowest BCUT2D eigenvalue weighted by Gasteiger charge is -2.49. The Morgan fingerprint density at radius 1 is 1.19 bits per heavy atom. The summed E-state index contributed by atoms with van der Waals surface area (Å²) in [5.74, 6) is 2.62. The highest BCUT2D eigenvalue weighted by Crippen LogP contribution is 2.41. The standard InChI is InChI=1S/C22H28N4O4S/c1-29-16-6-4-15(5-7-16)22(30-2)12-26(13-22)20-23-17-8-11-31(28)18(17)19(24-20)25-21(14-27)9-3-10-21/h4-7,27H,3,8-14H2,1-2H3,(H,23,24,25). The van der Waals surface area contributed by atoms with Crippen molar-refractivity contribution in [1.82, 2.24) is 9.97 Å². The summed E-state index contributed by atoms with van der Waals surface area (Å²) >= 11 is 0. The molecule has 0 spiro atoms. The Balaban J connectivity index is 1.42. The van der Waals surface area contributed by atoms with Gasteiger partial charge in [0.05, 0.1) is 48.8 Å². The van der Waals surface area contributed by atoms with Gasteiger partial charge >= 0.3 is 0 Å². The lowest BCUT2D eigenvalue weighted by atomic mass is 9.77. The molecule has 1 unspecified atom stereocenters. The minimum absolute atomic E-state index is 0.0434. The van der Waals surface area contributed by atoms with Gasteiger partial charge in [-0.05, 0) is 37.0 Å². The third-order valence-electron chi connectivity index (χ3n) is 6.86. The van der Waals surface area contributed by atoms with E-state index >= 15 is 0 Å². The van der Waals surface area contributed by atoms with E-state index in [0.29, 0.717) is 41.9 Å². The maximum absolute atomic E-state index is 12.6. The number of aryl methyl sites for hydroxylation is 1. The molecule has 3 aliphatic rings. The number of benzene rings is 1. The van der Waals surface area contributed by atoms with Crippen LogP contribution in [0.4, 0.5) is 11.8 Å². The van der Waals surface area contributed by atoms with Gasteiger partial charge in [-0.25, -0.2) is 4.98 Å². The van der Waals surface area contributed by atoms with Crippen LogP contribution in [0, 0.1) is 0 Å². The first-order valence-electron chi connectivity index (χ1n) is 10.6. The lowest BCUT2D eigenvalue weighted by molar-refractivity contribution is -0.0390. The molecule has 2 aromatic rings. The van der Waals surface area contributed by atoms with Crippen molar-refractivity contribution >= 4 is 22.6 Å². The zero-order valence-electron chi connectivity index (χ0n) is 17.9. The summed E-state index contributed by atoms with van der Waals surface area (Å²) in [6.07, 6.45) is 3.53. The number of aromatic nitrogens is 2. The molecular weight excluding hydrogens is 416 g/mol. The fourth-order valence-corrected chi connectivity index (χ4v) is 5.93. The zero-order chi connectivity index (χ0) is 21.6. The normalized spacial score (nSPS) is 22.9. The van der Waals surface area contributed by atoms with Gasteiger partial charge in [-0.1, -0.05) is 12.1 Å². The maximum atomic E-state index is 12.6. The number of fused-ring (bicyclic) bond motifs is 1. The average molecular weight is 445 g/mol. The molecule has 0 amide bonds. The Bertz CT molecular complexity index is 998. The Morgan fingerprint density at radius 3 is 2.52 bits per heavy atom. The third-order valence-corrected chi connectivity index (χ3v) is 8.31. The predicted molar refractivity (Wildman–Crippen MR) is 118 cm³/mol. The second-order valence-corrected chi connectivity index (χ2v) is 10.2. The van der Waals surface area contributed by atoms with Crippen LogP contribution >= 0.6 is 0 Å². The van der Waals surface area contributed by atoms with Gasteiger partial charge in [0.2, 0.25) is 5.95 Å². The largest absolute Gasteiger partial charge is 0.497 e. The third kappa shape index (κ3) is 3.39. The van der Waals surface area contributed by atoms with Crippen LogP contribution in [0.2, 0.25) is 0 Å². The first kappa shape index (κ1) is 20.7. The molecule has 9 heteroatoms. The number of rotatable bonds is 7. The van der Waals surface area contributed by atoms with Crippen LogP contribution in [-0.2, 0) is 27.6 Å². The number of hydrogen-bond donors (Lipinski definition) is 2. The Labute approximate surface area is 184 Å². The maximum Gasteiger partial charge on any atom is 0.227 e. The van der Waals surface area contributed by atoms with Crippen LogP contribution in [0.5, 0.6) is 5.75 Å². The van der Waals surface area contributed by atoms with E-state index in [9.17, 15) is 9.32 Å². The molecule has 2 N–H and O–H groups in total. The highest BCUT2D eigenvalue weighted by molar-refractivity contribution is 7.85. The minimum Gasteiger partial charge on any atom is -0.497 e. The molecule has 1 aliphatic carbocycles. The SMILES string of the molecule is COc1ccc(C2(OC)CN(c3nc4c(c(NC5(CO)CCC5)n3)S(=O)CC4)C2)cc1. The molecule has 1 atom stereocenters. The van der Waals surface area contributed by atoms with Gasteiger partial charge in [0.15, 0.2) is 0 Å². The summed E-state index contributed by atoms with van der Waals surface area (Å²) in [6.45, 7) is 1.30. The van der Waals surface area contributed by atoms with Gasteiger partial charge in [0, 0.05) is 19.3 Å². The second-order valence-electron chi connectivity index (χ2n) is 8.65. The number of aliphatic hydroxyl groups excluding tert-OH is 1. The molecule has 0 bridgehead atoms. The zero-order valence-corrected chi connectivity index (χ0v) is 18.7. The number of ether oxygens (including phenoxy) is 2. The monoisotopic (exact) mass is 444 g/mol. The van der Waals surface area contributed by atoms with Gasteiger partial charge in [0.1, 0.15) is 22.1 Å². The van der Waals surface area contributed by atoms with E-state index in [0.717, 1.165) is 36.3 Å². The lowest BCUT2D eigenvalue weighted by Crippen LogP contribution is -2.61.